The number of phenolic OH excluding ortho intramolecular Hbond substituents is 1. The second kappa shape index (κ2) is 7.06. The summed E-state index contributed by atoms with van der Waals surface area (Å²) < 4.78 is 6.53. The normalized spacial score (nSPS) is 21.0. The van der Waals surface area contributed by atoms with Crippen molar-refractivity contribution < 1.29 is 19.7 Å². The van der Waals surface area contributed by atoms with Crippen LogP contribution < -0.4 is 16.6 Å². The van der Waals surface area contributed by atoms with Crippen molar-refractivity contribution >= 4 is 17.2 Å². The minimum absolute atomic E-state index is 0.140. The molecule has 0 amide bonds. The lowest BCUT2D eigenvalue weighted by molar-refractivity contribution is -0.157. The van der Waals surface area contributed by atoms with Crippen LogP contribution in [0.5, 0.6) is 5.75 Å². The molecule has 3 aliphatic heterocycles. The van der Waals surface area contributed by atoms with E-state index in [1.165, 1.54) is 0 Å². The van der Waals surface area contributed by atoms with E-state index in [-0.39, 0.29) is 30.5 Å². The lowest BCUT2D eigenvalue weighted by Gasteiger charge is -2.28. The lowest BCUT2D eigenvalue weighted by atomic mass is 9.89. The molecule has 0 fully saturated rings. The zero-order valence-electron chi connectivity index (χ0n) is 16.2. The molecular weight excluding hydrogens is 374 g/mol. The Balaban J connectivity index is 0.000000994. The number of nitrogens with zero attached hydrogens (tertiary/aromatic N) is 1. The summed E-state index contributed by atoms with van der Waals surface area (Å²) in [5.41, 5.74) is 10.4. The van der Waals surface area contributed by atoms with Crippen molar-refractivity contribution in [1.82, 2.24) is 4.57 Å². The number of aliphatic hydroxyl groups excluding tert-OH is 1. The summed E-state index contributed by atoms with van der Waals surface area (Å²) in [6.45, 7) is 4.47. The predicted octanol–water partition coefficient (Wildman–Crippen LogP) is 1.56. The molecule has 5 rings (SSSR count). The molecule has 0 radical (unpaired) electrons. The van der Waals surface area contributed by atoms with Gasteiger partial charge in [-0.2, -0.15) is 0 Å². The van der Waals surface area contributed by atoms with Crippen LogP contribution in [0, 0.1) is 0 Å². The molecule has 2 aromatic rings. The molecule has 1 aromatic carbocycles. The Bertz CT molecular complexity index is 1100. The number of ether oxygens (including phenoxy) is 1. The summed E-state index contributed by atoms with van der Waals surface area (Å²) in [5, 5.41) is 23.4. The average molecular weight is 397 g/mol. The third-order valence-corrected chi connectivity index (χ3v) is 5.54. The van der Waals surface area contributed by atoms with Gasteiger partial charge < -0.3 is 30.6 Å². The molecule has 3 aliphatic rings. The van der Waals surface area contributed by atoms with E-state index in [1.807, 2.05) is 13.8 Å². The molecule has 5 N–H and O–H groups in total. The zero-order chi connectivity index (χ0) is 20.9. The van der Waals surface area contributed by atoms with Gasteiger partial charge in [0.05, 0.1) is 11.6 Å². The number of hydrogen-bond donors (Lipinski definition) is 4. The Labute approximate surface area is 167 Å². The summed E-state index contributed by atoms with van der Waals surface area (Å²) in [7, 11) is 0. The van der Waals surface area contributed by atoms with Gasteiger partial charge in [0.2, 0.25) is 0 Å². The summed E-state index contributed by atoms with van der Waals surface area (Å²) in [5.74, 6) is -0.608. The first-order valence-electron chi connectivity index (χ1n) is 9.62. The maximum absolute atomic E-state index is 13.0. The number of rotatable bonds is 1. The molecule has 152 valence electrons. The minimum Gasteiger partial charge on any atom is -0.508 e. The van der Waals surface area contributed by atoms with Gasteiger partial charge in [0, 0.05) is 35.6 Å². The van der Waals surface area contributed by atoms with Gasteiger partial charge >= 0.3 is 5.97 Å². The summed E-state index contributed by atoms with van der Waals surface area (Å²) in [4.78, 5) is 24.7. The second-order valence-corrected chi connectivity index (χ2v) is 6.92. The van der Waals surface area contributed by atoms with E-state index in [9.17, 15) is 19.8 Å². The first-order chi connectivity index (χ1) is 14.0. The number of nitrogens with two attached hydrogens (primary N) is 1. The first-order valence-corrected chi connectivity index (χ1v) is 9.62. The maximum Gasteiger partial charge on any atom is 0.340 e. The van der Waals surface area contributed by atoms with Crippen molar-refractivity contribution in [3.8, 4) is 5.75 Å². The molecule has 29 heavy (non-hydrogen) atoms. The quantitative estimate of drug-likeness (QED) is 0.425. The minimum atomic E-state index is -1.46. The van der Waals surface area contributed by atoms with Crippen molar-refractivity contribution in [3.05, 3.63) is 62.6 Å². The Morgan fingerprint density at radius 1 is 1.28 bits per heavy atom. The summed E-state index contributed by atoms with van der Waals surface area (Å²) in [6.07, 6.45) is -1.46. The number of aromatic hydroxyl groups is 1. The number of hydrogen-bond acceptors (Lipinski definition) is 7. The number of esters is 1. The van der Waals surface area contributed by atoms with Crippen molar-refractivity contribution in [2.75, 3.05) is 11.9 Å². The second-order valence-electron chi connectivity index (χ2n) is 6.92. The predicted molar refractivity (Wildman–Crippen MR) is 107 cm³/mol. The number of fused-ring (bicyclic) bond motifs is 5. The molecule has 8 nitrogen and oxygen atoms in total. The number of carbonyl (C=O) groups excluding carboxylic acids is 1. The number of carbonyl (C=O) groups is 1. The number of aliphatic hydroxyl groups is 1. The molecule has 2 unspecified atom stereocenters. The van der Waals surface area contributed by atoms with E-state index in [1.54, 1.807) is 28.8 Å². The Kier molecular flexibility index (Phi) is 4.68. The van der Waals surface area contributed by atoms with Gasteiger partial charge in [-0.05, 0) is 35.4 Å². The molecule has 0 saturated carbocycles. The van der Waals surface area contributed by atoms with Crippen LogP contribution in [-0.2, 0) is 22.7 Å². The standard InChI is InChI=1S/C19H17N3O5.C2H6/c20-5-11-9-3-8(23)1-2-14(9)21-16-12(11)6-22-15(16)4-10-13(18(22)25)7-27-19(26)17(10)24;1-2/h1-4,16-17,21,23-24H,5-7,20H2;1-2H3. The third kappa shape index (κ3) is 2.75. The highest BCUT2D eigenvalue weighted by Crippen LogP contribution is 2.45. The number of phenols is 1. The molecule has 0 saturated heterocycles. The number of aromatic nitrogens is 1. The monoisotopic (exact) mass is 397 g/mol. The molecule has 1 aromatic heterocycles. The molecule has 0 aliphatic carbocycles. The van der Waals surface area contributed by atoms with Gasteiger partial charge in [0.1, 0.15) is 12.4 Å². The number of nitrogens with one attached hydrogen (secondary N) is 1. The fourth-order valence-electron chi connectivity index (χ4n) is 4.22. The third-order valence-electron chi connectivity index (χ3n) is 5.54. The Morgan fingerprint density at radius 3 is 2.76 bits per heavy atom. The topological polar surface area (TPSA) is 127 Å². The van der Waals surface area contributed by atoms with Gasteiger partial charge in [-0.15, -0.1) is 0 Å². The average Bonchev–Trinajstić information content (AvgIpc) is 3.09. The number of cyclic esters (lactones) is 1. The van der Waals surface area contributed by atoms with Gasteiger partial charge in [0.15, 0.2) is 6.10 Å². The summed E-state index contributed by atoms with van der Waals surface area (Å²) in [6, 6.07) is 6.42. The Hall–Kier alpha value is -3.10. The fraction of sp³-hybridized carbons (Fsp3) is 0.333. The van der Waals surface area contributed by atoms with Crippen LogP contribution in [0.15, 0.2) is 34.6 Å². The first kappa shape index (κ1) is 19.2. The van der Waals surface area contributed by atoms with Crippen LogP contribution in [0.25, 0.3) is 5.57 Å². The van der Waals surface area contributed by atoms with Gasteiger partial charge in [-0.1, -0.05) is 13.8 Å². The number of pyridine rings is 1. The summed E-state index contributed by atoms with van der Waals surface area (Å²) >= 11 is 0. The van der Waals surface area contributed by atoms with Crippen LogP contribution >= 0.6 is 0 Å². The highest BCUT2D eigenvalue weighted by atomic mass is 16.5. The maximum atomic E-state index is 13.0. The van der Waals surface area contributed by atoms with E-state index >= 15 is 0 Å². The molecular formula is C21H23N3O5. The van der Waals surface area contributed by atoms with E-state index < -0.39 is 12.1 Å². The smallest absolute Gasteiger partial charge is 0.340 e. The number of benzene rings is 1. The van der Waals surface area contributed by atoms with Crippen molar-refractivity contribution in [2.24, 2.45) is 5.73 Å². The van der Waals surface area contributed by atoms with Gasteiger partial charge in [0.25, 0.3) is 5.56 Å². The molecule has 8 heteroatoms. The van der Waals surface area contributed by atoms with Gasteiger partial charge in [-0.3, -0.25) is 4.79 Å². The van der Waals surface area contributed by atoms with Crippen LogP contribution in [0.2, 0.25) is 0 Å². The molecule has 4 heterocycles. The van der Waals surface area contributed by atoms with Crippen LogP contribution in [0.4, 0.5) is 5.69 Å². The van der Waals surface area contributed by atoms with Crippen molar-refractivity contribution in [3.63, 3.8) is 0 Å². The van der Waals surface area contributed by atoms with E-state index in [2.05, 4.69) is 5.32 Å². The highest BCUT2D eigenvalue weighted by molar-refractivity contribution is 5.85. The van der Waals surface area contributed by atoms with E-state index in [0.29, 0.717) is 23.4 Å². The largest absolute Gasteiger partial charge is 0.508 e. The molecule has 0 bridgehead atoms. The fourth-order valence-corrected chi connectivity index (χ4v) is 4.22. The van der Waals surface area contributed by atoms with E-state index in [0.717, 1.165) is 22.4 Å². The molecule has 2 atom stereocenters. The zero-order valence-corrected chi connectivity index (χ0v) is 16.2. The molecule has 0 spiro atoms. The van der Waals surface area contributed by atoms with Crippen LogP contribution in [0.1, 0.15) is 48.4 Å². The van der Waals surface area contributed by atoms with E-state index in [4.69, 9.17) is 10.5 Å². The number of anilines is 1. The van der Waals surface area contributed by atoms with Crippen LogP contribution in [0.3, 0.4) is 0 Å². The Morgan fingerprint density at radius 2 is 2.03 bits per heavy atom. The van der Waals surface area contributed by atoms with Crippen molar-refractivity contribution in [2.45, 2.75) is 39.1 Å². The van der Waals surface area contributed by atoms with Crippen molar-refractivity contribution in [1.29, 1.82) is 0 Å². The van der Waals surface area contributed by atoms with Gasteiger partial charge in [-0.25, -0.2) is 4.79 Å². The van der Waals surface area contributed by atoms with Crippen LogP contribution in [-0.4, -0.2) is 27.3 Å². The lowest BCUT2D eigenvalue weighted by Crippen LogP contribution is -2.33. The SMILES string of the molecule is CC.NCC1=C2Cn3c(cc4c(c3=O)COC(=O)C4O)C2Nc2ccc(O)cc21. The highest BCUT2D eigenvalue weighted by Gasteiger charge is 2.38.